The first-order chi connectivity index (χ1) is 12.9. The molecule has 0 unspecified atom stereocenters. The molecular weight excluding hydrogens is 366 g/mol. The van der Waals surface area contributed by atoms with Crippen molar-refractivity contribution in [2.45, 2.75) is 44.7 Å². The minimum Gasteiger partial charge on any atom is -0.352 e. The number of nitrogens with zero attached hydrogens (tertiary/aromatic N) is 2. The number of hydrogen-bond donors (Lipinski definition) is 1. The first-order valence-electron chi connectivity index (χ1n) is 9.52. The van der Waals surface area contributed by atoms with Crippen LogP contribution in [-0.4, -0.2) is 66.9 Å². The zero-order chi connectivity index (χ0) is 19.4. The van der Waals surface area contributed by atoms with Gasteiger partial charge in [0, 0.05) is 32.1 Å². The number of fused-ring (bicyclic) bond motifs is 1. The topological polar surface area (TPSA) is 86.8 Å². The average molecular weight is 394 g/mol. The van der Waals surface area contributed by atoms with Crippen LogP contribution in [-0.2, 0) is 26.0 Å². The molecule has 1 aromatic rings. The van der Waals surface area contributed by atoms with Crippen molar-refractivity contribution in [3.8, 4) is 0 Å². The Bertz CT molecular complexity index is 781. The summed E-state index contributed by atoms with van der Waals surface area (Å²) in [5.41, 5.74) is 1.11. The van der Waals surface area contributed by atoms with Crippen LogP contribution >= 0.6 is 0 Å². The first kappa shape index (κ1) is 19.8. The van der Waals surface area contributed by atoms with E-state index in [0.29, 0.717) is 38.8 Å². The van der Waals surface area contributed by atoms with Gasteiger partial charge in [-0.1, -0.05) is 37.3 Å². The van der Waals surface area contributed by atoms with Crippen LogP contribution in [0.25, 0.3) is 0 Å². The number of hydrogen-bond acceptors (Lipinski definition) is 5. The Morgan fingerprint density at radius 1 is 1.26 bits per heavy atom. The van der Waals surface area contributed by atoms with E-state index in [1.165, 1.54) is 0 Å². The highest BCUT2D eigenvalue weighted by molar-refractivity contribution is 7.89. The average Bonchev–Trinajstić information content (AvgIpc) is 3.02. The summed E-state index contributed by atoms with van der Waals surface area (Å²) in [5, 5.41) is 3.01. The molecule has 1 aromatic carbocycles. The van der Waals surface area contributed by atoms with E-state index in [1.807, 2.05) is 42.2 Å². The molecule has 148 valence electrons. The maximum absolute atomic E-state index is 12.8. The third-order valence-corrected chi connectivity index (χ3v) is 6.91. The van der Waals surface area contributed by atoms with Crippen molar-refractivity contribution in [1.29, 1.82) is 0 Å². The van der Waals surface area contributed by atoms with Gasteiger partial charge < -0.3 is 5.32 Å². The van der Waals surface area contributed by atoms with Crippen molar-refractivity contribution in [1.82, 2.24) is 14.5 Å². The Morgan fingerprint density at radius 3 is 2.70 bits per heavy atom. The van der Waals surface area contributed by atoms with Crippen LogP contribution in [0.5, 0.6) is 0 Å². The van der Waals surface area contributed by atoms with Crippen LogP contribution < -0.4 is 5.32 Å². The molecular formula is C19H27N3O4S. The molecule has 2 heterocycles. The first-order valence-corrected chi connectivity index (χ1v) is 11.1. The van der Waals surface area contributed by atoms with Gasteiger partial charge in [0.05, 0.1) is 11.8 Å². The lowest BCUT2D eigenvalue weighted by Gasteiger charge is -2.23. The zero-order valence-electron chi connectivity index (χ0n) is 15.6. The second-order valence-electron chi connectivity index (χ2n) is 7.22. The molecule has 0 spiro atoms. The lowest BCUT2D eigenvalue weighted by Crippen LogP contribution is -2.44. The number of carbonyl (C=O) groups is 2. The Labute approximate surface area is 160 Å². The Hall–Kier alpha value is -1.93. The van der Waals surface area contributed by atoms with Crippen molar-refractivity contribution in [3.05, 3.63) is 35.9 Å². The largest absolute Gasteiger partial charge is 0.352 e. The molecule has 8 heteroatoms. The summed E-state index contributed by atoms with van der Waals surface area (Å²) in [7, 11) is -3.54. The SMILES string of the molecule is CCCN1C(=O)[C@@H]2C[C@H](NC(=O)CCc3ccccc3)CN2CCS1(=O)=O. The fourth-order valence-corrected chi connectivity index (χ4v) is 5.36. The number of benzene rings is 1. The lowest BCUT2D eigenvalue weighted by molar-refractivity contribution is -0.130. The van der Waals surface area contributed by atoms with E-state index in [0.717, 1.165) is 9.87 Å². The summed E-state index contributed by atoms with van der Waals surface area (Å²) in [5.74, 6) is -0.438. The number of aryl methyl sites for hydroxylation is 1. The number of nitrogens with one attached hydrogen (secondary N) is 1. The maximum Gasteiger partial charge on any atom is 0.253 e. The molecule has 2 saturated heterocycles. The summed E-state index contributed by atoms with van der Waals surface area (Å²) in [6.07, 6.45) is 2.13. The van der Waals surface area contributed by atoms with Gasteiger partial charge in [0.2, 0.25) is 15.9 Å². The van der Waals surface area contributed by atoms with E-state index in [-0.39, 0.29) is 30.2 Å². The van der Waals surface area contributed by atoms with E-state index in [1.54, 1.807) is 0 Å². The molecule has 0 bridgehead atoms. The van der Waals surface area contributed by atoms with E-state index in [4.69, 9.17) is 0 Å². The summed E-state index contributed by atoms with van der Waals surface area (Å²) in [6, 6.07) is 9.25. The Kier molecular flexibility index (Phi) is 6.16. The highest BCUT2D eigenvalue weighted by Gasteiger charge is 2.44. The van der Waals surface area contributed by atoms with E-state index < -0.39 is 16.1 Å². The van der Waals surface area contributed by atoms with E-state index in [2.05, 4.69) is 5.32 Å². The smallest absolute Gasteiger partial charge is 0.253 e. The van der Waals surface area contributed by atoms with Gasteiger partial charge in [0.1, 0.15) is 0 Å². The standard InChI is InChI=1S/C19H27N3O4S/c1-2-10-22-19(24)17-13-16(14-21(17)11-12-27(22,25)26)20-18(23)9-8-15-6-4-3-5-7-15/h3-7,16-17H,2,8-14H2,1H3,(H,20,23)/t16-,17-/m0/s1. The van der Waals surface area contributed by atoms with Crippen molar-refractivity contribution in [3.63, 3.8) is 0 Å². The number of carbonyl (C=O) groups excluding carboxylic acids is 2. The molecule has 2 fully saturated rings. The zero-order valence-corrected chi connectivity index (χ0v) is 16.5. The summed E-state index contributed by atoms with van der Waals surface area (Å²) >= 11 is 0. The second kappa shape index (κ2) is 8.39. The molecule has 27 heavy (non-hydrogen) atoms. The van der Waals surface area contributed by atoms with Gasteiger partial charge in [0.15, 0.2) is 0 Å². The minimum atomic E-state index is -3.54. The molecule has 2 atom stereocenters. The fourth-order valence-electron chi connectivity index (χ4n) is 3.81. The lowest BCUT2D eigenvalue weighted by atomic mass is 10.1. The molecule has 0 saturated carbocycles. The molecule has 0 aromatic heterocycles. The van der Waals surface area contributed by atoms with Gasteiger partial charge in [-0.2, -0.15) is 0 Å². The molecule has 7 nitrogen and oxygen atoms in total. The number of sulfonamides is 1. The van der Waals surface area contributed by atoms with Crippen LogP contribution in [0.3, 0.4) is 0 Å². The normalized spacial score (nSPS) is 25.1. The highest BCUT2D eigenvalue weighted by atomic mass is 32.2. The van der Waals surface area contributed by atoms with Crippen molar-refractivity contribution >= 4 is 21.8 Å². The van der Waals surface area contributed by atoms with Gasteiger partial charge in [-0.3, -0.25) is 14.5 Å². The third-order valence-electron chi connectivity index (χ3n) is 5.18. The fraction of sp³-hybridized carbons (Fsp3) is 0.579. The van der Waals surface area contributed by atoms with Gasteiger partial charge in [0.25, 0.3) is 5.91 Å². The molecule has 1 N–H and O–H groups in total. The monoisotopic (exact) mass is 393 g/mol. The van der Waals surface area contributed by atoms with Gasteiger partial charge in [-0.05, 0) is 24.8 Å². The number of amides is 2. The van der Waals surface area contributed by atoms with Crippen LogP contribution in [0.2, 0.25) is 0 Å². The van der Waals surface area contributed by atoms with Crippen molar-refractivity contribution in [2.75, 3.05) is 25.4 Å². The van der Waals surface area contributed by atoms with Crippen molar-refractivity contribution < 1.29 is 18.0 Å². The molecule has 0 aliphatic carbocycles. The maximum atomic E-state index is 12.8. The molecule has 2 amide bonds. The molecule has 2 aliphatic heterocycles. The predicted molar refractivity (Wildman–Crippen MR) is 102 cm³/mol. The summed E-state index contributed by atoms with van der Waals surface area (Å²) in [4.78, 5) is 26.9. The summed E-state index contributed by atoms with van der Waals surface area (Å²) < 4.78 is 25.7. The highest BCUT2D eigenvalue weighted by Crippen LogP contribution is 2.25. The van der Waals surface area contributed by atoms with Crippen molar-refractivity contribution in [2.24, 2.45) is 0 Å². The Balaban J connectivity index is 1.57. The molecule has 3 rings (SSSR count). The third kappa shape index (κ3) is 4.68. The van der Waals surface area contributed by atoms with Crippen LogP contribution in [0.15, 0.2) is 30.3 Å². The van der Waals surface area contributed by atoms with Crippen LogP contribution in [0.1, 0.15) is 31.7 Å². The number of rotatable bonds is 6. The second-order valence-corrected chi connectivity index (χ2v) is 9.24. The van der Waals surface area contributed by atoms with Gasteiger partial charge in [-0.15, -0.1) is 0 Å². The van der Waals surface area contributed by atoms with Crippen LogP contribution in [0.4, 0.5) is 0 Å². The summed E-state index contributed by atoms with van der Waals surface area (Å²) in [6.45, 7) is 2.92. The quantitative estimate of drug-likeness (QED) is 0.771. The molecule has 0 radical (unpaired) electrons. The minimum absolute atomic E-state index is 0.0352. The van der Waals surface area contributed by atoms with E-state index in [9.17, 15) is 18.0 Å². The van der Waals surface area contributed by atoms with Gasteiger partial charge in [-0.25, -0.2) is 12.7 Å². The Morgan fingerprint density at radius 2 is 2.00 bits per heavy atom. The molecule has 2 aliphatic rings. The van der Waals surface area contributed by atoms with Crippen LogP contribution in [0, 0.1) is 0 Å². The predicted octanol–water partition coefficient (Wildman–Crippen LogP) is 0.760. The van der Waals surface area contributed by atoms with Gasteiger partial charge >= 0.3 is 0 Å². The van der Waals surface area contributed by atoms with E-state index >= 15 is 0 Å².